The first-order chi connectivity index (χ1) is 19.1. The second kappa shape index (κ2) is 9.75. The number of benzene rings is 1. The number of carbonyl (C=O) groups is 1. The molecular weight excluding hydrogens is 486 g/mol. The van der Waals surface area contributed by atoms with Crippen LogP contribution < -0.4 is 15.5 Å². The molecule has 2 aromatic heterocycles. The van der Waals surface area contributed by atoms with E-state index in [9.17, 15) is 4.79 Å². The molecule has 5 heterocycles. The molecular formula is C31H37N7O. The maximum atomic E-state index is 13.8. The predicted molar refractivity (Wildman–Crippen MR) is 155 cm³/mol. The van der Waals surface area contributed by atoms with Gasteiger partial charge in [0.1, 0.15) is 5.69 Å². The van der Waals surface area contributed by atoms with Crippen molar-refractivity contribution in [3.63, 3.8) is 0 Å². The van der Waals surface area contributed by atoms with Gasteiger partial charge in [0.15, 0.2) is 5.82 Å². The lowest BCUT2D eigenvalue weighted by atomic mass is 9.94. The highest BCUT2D eigenvalue weighted by molar-refractivity contribution is 6.07. The summed E-state index contributed by atoms with van der Waals surface area (Å²) in [5.74, 6) is 1.03. The summed E-state index contributed by atoms with van der Waals surface area (Å²) in [5, 5.41) is 11.8. The molecule has 0 atom stereocenters. The second-order valence-electron chi connectivity index (χ2n) is 11.2. The molecule has 202 valence electrons. The largest absolute Gasteiger partial charge is 0.374 e. The van der Waals surface area contributed by atoms with Gasteiger partial charge in [-0.15, -0.1) is 0 Å². The second-order valence-corrected chi connectivity index (χ2v) is 11.2. The van der Waals surface area contributed by atoms with Crippen LogP contribution in [0.2, 0.25) is 0 Å². The van der Waals surface area contributed by atoms with E-state index in [1.165, 1.54) is 40.9 Å². The normalized spacial score (nSPS) is 18.8. The van der Waals surface area contributed by atoms with Gasteiger partial charge in [0.25, 0.3) is 5.91 Å². The Morgan fingerprint density at radius 3 is 2.87 bits per heavy atom. The smallest absolute Gasteiger partial charge is 0.274 e. The molecule has 4 aliphatic rings. The summed E-state index contributed by atoms with van der Waals surface area (Å²) in [6.07, 6.45) is 9.96. The van der Waals surface area contributed by atoms with Gasteiger partial charge in [0, 0.05) is 62.6 Å². The minimum atomic E-state index is 0.133. The molecule has 2 N–H and O–H groups in total. The average molecular weight is 524 g/mol. The number of nitrogens with zero attached hydrogens (tertiary/aromatic N) is 5. The van der Waals surface area contributed by atoms with E-state index >= 15 is 0 Å². The molecule has 8 heteroatoms. The van der Waals surface area contributed by atoms with Gasteiger partial charge in [-0.25, -0.2) is 0 Å². The van der Waals surface area contributed by atoms with Crippen LogP contribution in [-0.2, 0) is 38.9 Å². The van der Waals surface area contributed by atoms with E-state index in [2.05, 4.69) is 81.4 Å². The summed E-state index contributed by atoms with van der Waals surface area (Å²) in [5.41, 5.74) is 10.6. The first kappa shape index (κ1) is 24.3. The van der Waals surface area contributed by atoms with Crippen LogP contribution in [0.5, 0.6) is 0 Å². The number of likely N-dealkylation sites (N-methyl/N-ethyl adjacent to an activating group) is 1. The van der Waals surface area contributed by atoms with Gasteiger partial charge in [-0.05, 0) is 72.6 Å². The van der Waals surface area contributed by atoms with Crippen molar-refractivity contribution < 1.29 is 4.79 Å². The zero-order chi connectivity index (χ0) is 26.5. The fraction of sp³-hybridized carbons (Fsp3) is 0.419. The van der Waals surface area contributed by atoms with E-state index in [1.54, 1.807) is 0 Å². The Hall–Kier alpha value is -3.78. The van der Waals surface area contributed by atoms with Crippen LogP contribution >= 0.6 is 0 Å². The monoisotopic (exact) mass is 523 g/mol. The van der Waals surface area contributed by atoms with E-state index < -0.39 is 0 Å². The van der Waals surface area contributed by atoms with Crippen LogP contribution in [0.25, 0.3) is 5.57 Å². The molecule has 0 fully saturated rings. The summed E-state index contributed by atoms with van der Waals surface area (Å²) < 4.78 is 4.38. The van der Waals surface area contributed by atoms with Crippen molar-refractivity contribution in [1.29, 1.82) is 0 Å². The highest BCUT2D eigenvalue weighted by Gasteiger charge is 2.31. The van der Waals surface area contributed by atoms with Gasteiger partial charge >= 0.3 is 0 Å². The Bertz CT molecular complexity index is 1480. The van der Waals surface area contributed by atoms with Crippen molar-refractivity contribution in [3.8, 4) is 0 Å². The van der Waals surface area contributed by atoms with Crippen LogP contribution in [0.1, 0.15) is 58.3 Å². The molecule has 1 aromatic carbocycles. The molecule has 1 aliphatic carbocycles. The van der Waals surface area contributed by atoms with Crippen molar-refractivity contribution in [2.75, 3.05) is 36.9 Å². The van der Waals surface area contributed by atoms with E-state index in [0.717, 1.165) is 80.5 Å². The molecule has 0 saturated heterocycles. The van der Waals surface area contributed by atoms with Crippen molar-refractivity contribution in [3.05, 3.63) is 82.1 Å². The van der Waals surface area contributed by atoms with E-state index in [-0.39, 0.29) is 5.91 Å². The van der Waals surface area contributed by atoms with Crippen molar-refractivity contribution in [1.82, 2.24) is 24.6 Å². The van der Waals surface area contributed by atoms with E-state index in [0.29, 0.717) is 6.54 Å². The Morgan fingerprint density at radius 1 is 1.10 bits per heavy atom. The van der Waals surface area contributed by atoms with E-state index in [1.807, 2.05) is 4.90 Å². The maximum Gasteiger partial charge on any atom is 0.274 e. The average Bonchev–Trinajstić information content (AvgIpc) is 3.54. The van der Waals surface area contributed by atoms with Crippen molar-refractivity contribution in [2.24, 2.45) is 0 Å². The Balaban J connectivity index is 1.20. The Morgan fingerprint density at radius 2 is 2.00 bits per heavy atom. The number of allylic oxidation sites excluding steroid dienone is 2. The molecule has 7 rings (SSSR count). The molecule has 3 aliphatic heterocycles. The minimum Gasteiger partial charge on any atom is -0.374 e. The number of hydrogen-bond acceptors (Lipinski definition) is 5. The zero-order valence-corrected chi connectivity index (χ0v) is 23.0. The third-order valence-electron chi connectivity index (χ3n) is 8.59. The molecule has 0 unspecified atom stereocenters. The molecule has 0 radical (unpaired) electrons. The number of aromatic nitrogens is 3. The molecule has 39 heavy (non-hydrogen) atoms. The van der Waals surface area contributed by atoms with Crippen LogP contribution in [0.4, 0.5) is 11.5 Å². The van der Waals surface area contributed by atoms with Gasteiger partial charge in [0.05, 0.1) is 18.8 Å². The van der Waals surface area contributed by atoms with Crippen LogP contribution in [-0.4, -0.2) is 51.8 Å². The molecule has 3 aromatic rings. The number of hydrogen-bond donors (Lipinski definition) is 2. The number of aryl methyl sites for hydroxylation is 1. The predicted octanol–water partition coefficient (Wildman–Crippen LogP) is 4.17. The van der Waals surface area contributed by atoms with E-state index in [4.69, 9.17) is 5.10 Å². The topological polar surface area (TPSA) is 70.4 Å². The van der Waals surface area contributed by atoms with Gasteiger partial charge in [-0.1, -0.05) is 19.1 Å². The summed E-state index contributed by atoms with van der Waals surface area (Å²) in [4.78, 5) is 18.1. The third kappa shape index (κ3) is 4.27. The number of nitrogens with one attached hydrogen (secondary N) is 2. The molecule has 1 amide bonds. The zero-order valence-electron chi connectivity index (χ0n) is 23.0. The lowest BCUT2D eigenvalue weighted by molar-refractivity contribution is 0.0964. The first-order valence-corrected chi connectivity index (χ1v) is 14.4. The van der Waals surface area contributed by atoms with Crippen molar-refractivity contribution >= 4 is 23.0 Å². The quantitative estimate of drug-likeness (QED) is 0.525. The van der Waals surface area contributed by atoms with Crippen LogP contribution in [0.3, 0.4) is 0 Å². The number of rotatable bonds is 5. The Kier molecular flexibility index (Phi) is 6.07. The highest BCUT2D eigenvalue weighted by Crippen LogP contribution is 2.35. The molecule has 0 saturated carbocycles. The molecule has 0 bridgehead atoms. The van der Waals surface area contributed by atoms with Gasteiger partial charge in [0.2, 0.25) is 0 Å². The summed E-state index contributed by atoms with van der Waals surface area (Å²) in [6, 6.07) is 10.7. The number of carbonyl (C=O) groups excluding carboxylic acids is 1. The summed E-state index contributed by atoms with van der Waals surface area (Å²) in [6.45, 7) is 7.27. The standard InChI is InChI=1S/C31H37N7O/c1-3-25-26(22-15-23(20-35(2)19-22)33-30-17-24-18-32-11-12-38(24)34-30)8-6-10-28(25)37-14-13-36-27-9-5-4-7-21(27)16-29(36)31(37)39/h6,8,10,15-17,19,32H,3-5,7,9,11-14,18,20H2,1-2H3,(H,33,34). The summed E-state index contributed by atoms with van der Waals surface area (Å²) in [7, 11) is 2.11. The lowest BCUT2D eigenvalue weighted by Crippen LogP contribution is -2.41. The van der Waals surface area contributed by atoms with Gasteiger partial charge in [-0.3, -0.25) is 9.48 Å². The van der Waals surface area contributed by atoms with Crippen LogP contribution in [0, 0.1) is 0 Å². The SMILES string of the molecule is CCc1c(C2=CN(C)CC(Nc3cc4n(n3)CCNC4)=C2)cccc1N1CCn2c(cc3c2CCCC3)C1=O. The van der Waals surface area contributed by atoms with Crippen LogP contribution in [0.15, 0.2) is 48.3 Å². The van der Waals surface area contributed by atoms with Gasteiger partial charge < -0.3 is 25.0 Å². The Labute approximate surface area is 230 Å². The summed E-state index contributed by atoms with van der Waals surface area (Å²) >= 11 is 0. The lowest BCUT2D eigenvalue weighted by Gasteiger charge is -2.32. The molecule has 0 spiro atoms. The number of amides is 1. The minimum absolute atomic E-state index is 0.133. The van der Waals surface area contributed by atoms with Crippen molar-refractivity contribution in [2.45, 2.75) is 58.7 Å². The molecule has 8 nitrogen and oxygen atoms in total. The third-order valence-corrected chi connectivity index (χ3v) is 8.59. The fourth-order valence-electron chi connectivity index (χ4n) is 6.80. The van der Waals surface area contributed by atoms with Gasteiger partial charge in [-0.2, -0.15) is 5.10 Å². The number of anilines is 2. The number of fused-ring (bicyclic) bond motifs is 4. The first-order valence-electron chi connectivity index (χ1n) is 14.4. The fourth-order valence-corrected chi connectivity index (χ4v) is 6.80. The maximum absolute atomic E-state index is 13.8. The highest BCUT2D eigenvalue weighted by atomic mass is 16.2.